The third-order valence-corrected chi connectivity index (χ3v) is 3.93. The Labute approximate surface area is 141 Å². The Hall–Kier alpha value is -3.01. The number of para-hydroxylation sites is 1. The molecular weight excluding hydrogens is 297 g/mol. The highest BCUT2D eigenvalue weighted by atomic mass is 16.6. The van der Waals surface area contributed by atoms with Crippen LogP contribution in [0.5, 0.6) is 11.5 Å². The van der Waals surface area contributed by atoms with Crippen LogP contribution in [0.2, 0.25) is 6.82 Å². The van der Waals surface area contributed by atoms with Crippen LogP contribution in [0, 0.1) is 0 Å². The van der Waals surface area contributed by atoms with Gasteiger partial charge in [0.1, 0.15) is 17.0 Å². The van der Waals surface area contributed by atoms with Crippen molar-refractivity contribution in [2.45, 2.75) is 6.82 Å². The third kappa shape index (κ3) is 2.79. The number of rotatable bonds is 4. The molecule has 3 aromatic carbocycles. The average molecular weight is 313 g/mol. The Balaban J connectivity index is 1.61. The molecule has 4 aromatic rings. The van der Waals surface area contributed by atoms with Gasteiger partial charge < -0.3 is 9.31 Å². The molecule has 1 aromatic heterocycles. The summed E-state index contributed by atoms with van der Waals surface area (Å²) in [5, 5.41) is 3.27. The molecule has 116 valence electrons. The molecule has 0 saturated carbocycles. The molecule has 24 heavy (non-hydrogen) atoms. The van der Waals surface area contributed by atoms with E-state index in [1.165, 1.54) is 0 Å². The molecule has 1 heterocycles. The van der Waals surface area contributed by atoms with Gasteiger partial charge in [-0.3, -0.25) is 4.98 Å². The fourth-order valence-electron chi connectivity index (χ4n) is 2.85. The van der Waals surface area contributed by atoms with Crippen molar-refractivity contribution in [1.29, 1.82) is 0 Å². The molecule has 0 saturated heterocycles. The molecule has 0 radical (unpaired) electrons. The van der Waals surface area contributed by atoms with E-state index in [-0.39, 0.29) is 0 Å². The summed E-state index contributed by atoms with van der Waals surface area (Å²) in [6, 6.07) is 24.0. The van der Waals surface area contributed by atoms with Gasteiger partial charge in [-0.25, -0.2) is 0 Å². The Bertz CT molecular complexity index is 911. The summed E-state index contributed by atoms with van der Waals surface area (Å²) in [5.41, 5.74) is 0.841. The summed E-state index contributed by atoms with van der Waals surface area (Å²) in [6.07, 6.45) is 1.77. The average Bonchev–Trinajstić information content (AvgIpc) is 2.62. The zero-order chi connectivity index (χ0) is 16.4. The monoisotopic (exact) mass is 313 g/mol. The number of nitrogens with zero attached hydrogens (tertiary/aromatic N) is 1. The van der Waals surface area contributed by atoms with Crippen LogP contribution in [0.3, 0.4) is 0 Å². The standard InChI is InChI=1S/C20H16BNO2/c1-21(23-18-12-4-8-15-7-2-3-11-17(15)18)24-19-13-5-9-16-10-6-14-22-20(16)19/h2-14H,1H3. The van der Waals surface area contributed by atoms with Crippen molar-refractivity contribution >= 4 is 28.8 Å². The minimum atomic E-state index is -0.427. The normalized spacial score (nSPS) is 10.7. The highest BCUT2D eigenvalue weighted by molar-refractivity contribution is 6.45. The van der Waals surface area contributed by atoms with Gasteiger partial charge in [-0.05, 0) is 30.4 Å². The number of hydrogen-bond donors (Lipinski definition) is 0. The first-order chi connectivity index (χ1) is 11.8. The van der Waals surface area contributed by atoms with E-state index in [1.54, 1.807) is 6.20 Å². The SMILES string of the molecule is CB(Oc1cccc2ccccc12)Oc1cccc2cccnc12. The second kappa shape index (κ2) is 6.24. The maximum absolute atomic E-state index is 6.03. The second-order valence-corrected chi connectivity index (χ2v) is 5.61. The van der Waals surface area contributed by atoms with Crippen LogP contribution < -0.4 is 9.31 Å². The van der Waals surface area contributed by atoms with Crippen LogP contribution in [0.15, 0.2) is 79.0 Å². The van der Waals surface area contributed by atoms with E-state index in [0.717, 1.165) is 33.2 Å². The molecule has 0 bridgehead atoms. The Kier molecular flexibility index (Phi) is 3.79. The van der Waals surface area contributed by atoms with Gasteiger partial charge in [0, 0.05) is 17.0 Å². The number of fused-ring (bicyclic) bond motifs is 2. The molecule has 0 fully saturated rings. The van der Waals surface area contributed by atoms with Gasteiger partial charge in [0.15, 0.2) is 0 Å². The Morgan fingerprint density at radius 2 is 1.38 bits per heavy atom. The molecule has 3 nitrogen and oxygen atoms in total. The topological polar surface area (TPSA) is 31.4 Å². The molecule has 0 aliphatic heterocycles. The molecule has 0 unspecified atom stereocenters. The second-order valence-electron chi connectivity index (χ2n) is 5.61. The lowest BCUT2D eigenvalue weighted by atomic mass is 9.94. The zero-order valence-corrected chi connectivity index (χ0v) is 13.3. The van der Waals surface area contributed by atoms with Crippen LogP contribution in [0.4, 0.5) is 0 Å². The van der Waals surface area contributed by atoms with Gasteiger partial charge in [0.2, 0.25) is 0 Å². The number of benzene rings is 3. The van der Waals surface area contributed by atoms with Gasteiger partial charge in [0.05, 0.1) is 0 Å². The minimum absolute atomic E-state index is 0.427. The Morgan fingerprint density at radius 1 is 0.708 bits per heavy atom. The van der Waals surface area contributed by atoms with E-state index < -0.39 is 7.12 Å². The van der Waals surface area contributed by atoms with E-state index in [2.05, 4.69) is 23.2 Å². The first-order valence-corrected chi connectivity index (χ1v) is 7.96. The Morgan fingerprint density at radius 3 is 2.29 bits per heavy atom. The highest BCUT2D eigenvalue weighted by Crippen LogP contribution is 2.27. The summed E-state index contributed by atoms with van der Waals surface area (Å²) >= 11 is 0. The smallest absolute Gasteiger partial charge is 0.525 e. The first kappa shape index (κ1) is 14.6. The molecule has 0 N–H and O–H groups in total. The summed E-state index contributed by atoms with van der Waals surface area (Å²) in [7, 11) is -0.427. The van der Waals surface area contributed by atoms with E-state index in [1.807, 2.05) is 61.4 Å². The number of aromatic nitrogens is 1. The van der Waals surface area contributed by atoms with Crippen molar-refractivity contribution in [2.24, 2.45) is 0 Å². The van der Waals surface area contributed by atoms with Crippen LogP contribution >= 0.6 is 0 Å². The third-order valence-electron chi connectivity index (χ3n) is 3.93. The minimum Gasteiger partial charge on any atom is -0.525 e. The van der Waals surface area contributed by atoms with Gasteiger partial charge in [-0.1, -0.05) is 54.6 Å². The predicted octanol–water partition coefficient (Wildman–Crippen LogP) is 4.96. The number of hydrogen-bond acceptors (Lipinski definition) is 3. The lowest BCUT2D eigenvalue weighted by Gasteiger charge is -2.16. The summed E-state index contributed by atoms with van der Waals surface area (Å²) in [4.78, 5) is 4.41. The lowest BCUT2D eigenvalue weighted by molar-refractivity contribution is 0.436. The van der Waals surface area contributed by atoms with Crippen molar-refractivity contribution in [2.75, 3.05) is 0 Å². The molecule has 0 atom stereocenters. The lowest BCUT2D eigenvalue weighted by Crippen LogP contribution is -2.25. The van der Waals surface area contributed by atoms with E-state index in [4.69, 9.17) is 9.31 Å². The predicted molar refractivity (Wildman–Crippen MR) is 98.6 cm³/mol. The molecule has 4 heteroatoms. The summed E-state index contributed by atoms with van der Waals surface area (Å²) < 4.78 is 12.0. The molecule has 0 spiro atoms. The van der Waals surface area contributed by atoms with Crippen molar-refractivity contribution in [3.8, 4) is 11.5 Å². The van der Waals surface area contributed by atoms with Crippen LogP contribution in [0.1, 0.15) is 0 Å². The largest absolute Gasteiger partial charge is 0.591 e. The summed E-state index contributed by atoms with van der Waals surface area (Å²) in [6.45, 7) is 1.89. The van der Waals surface area contributed by atoms with E-state index >= 15 is 0 Å². The van der Waals surface area contributed by atoms with Crippen molar-refractivity contribution in [1.82, 2.24) is 4.98 Å². The maximum atomic E-state index is 6.03. The van der Waals surface area contributed by atoms with Crippen molar-refractivity contribution < 1.29 is 9.31 Å². The molecule has 0 aliphatic carbocycles. The molecular formula is C20H16BNO2. The van der Waals surface area contributed by atoms with E-state index in [0.29, 0.717) is 0 Å². The molecule has 0 aliphatic rings. The van der Waals surface area contributed by atoms with E-state index in [9.17, 15) is 0 Å². The zero-order valence-electron chi connectivity index (χ0n) is 13.3. The van der Waals surface area contributed by atoms with Gasteiger partial charge >= 0.3 is 7.12 Å². The maximum Gasteiger partial charge on any atom is 0.591 e. The van der Waals surface area contributed by atoms with Crippen LogP contribution in [-0.4, -0.2) is 12.1 Å². The van der Waals surface area contributed by atoms with Gasteiger partial charge in [-0.15, -0.1) is 0 Å². The van der Waals surface area contributed by atoms with Gasteiger partial charge in [-0.2, -0.15) is 0 Å². The quantitative estimate of drug-likeness (QED) is 0.499. The summed E-state index contributed by atoms with van der Waals surface area (Å²) in [5.74, 6) is 1.54. The molecule has 0 amide bonds. The van der Waals surface area contributed by atoms with Crippen molar-refractivity contribution in [3.05, 3.63) is 79.0 Å². The van der Waals surface area contributed by atoms with Gasteiger partial charge in [0.25, 0.3) is 0 Å². The highest BCUT2D eigenvalue weighted by Gasteiger charge is 2.18. The van der Waals surface area contributed by atoms with Crippen molar-refractivity contribution in [3.63, 3.8) is 0 Å². The molecule has 4 rings (SSSR count). The van der Waals surface area contributed by atoms with Crippen LogP contribution in [-0.2, 0) is 0 Å². The fourth-order valence-corrected chi connectivity index (χ4v) is 2.85. The van der Waals surface area contributed by atoms with Crippen LogP contribution in [0.25, 0.3) is 21.7 Å². The number of pyridine rings is 1. The first-order valence-electron chi connectivity index (χ1n) is 7.96. The fraction of sp³-hybridized carbons (Fsp3) is 0.0500.